The quantitative estimate of drug-likeness (QED) is 0.100. The van der Waals surface area contributed by atoms with Crippen LogP contribution < -0.4 is 4.74 Å². The maximum Gasteiger partial charge on any atom is 0.143 e. The molecule has 9 aromatic carbocycles. The summed E-state index contributed by atoms with van der Waals surface area (Å²) in [6.45, 7) is 2.14. The third-order valence-corrected chi connectivity index (χ3v) is 13.0. The summed E-state index contributed by atoms with van der Waals surface area (Å²) in [6.07, 6.45) is 5.38. The number of aliphatic imine (C=N–C) groups is 1. The molecule has 6 heteroatoms. The molecule has 0 amide bonds. The molecule has 5 nitrogen and oxygen atoms in total. The van der Waals surface area contributed by atoms with Crippen molar-refractivity contribution in [2.24, 2.45) is 4.99 Å². The van der Waals surface area contributed by atoms with Gasteiger partial charge in [-0.25, -0.2) is 4.98 Å². The molecule has 13 aromatic rings. The third kappa shape index (κ3) is 6.57. The summed E-state index contributed by atoms with van der Waals surface area (Å²) in [7, 11) is 0. The molecule has 13 rings (SSSR count). The number of hydrogen-bond acceptors (Lipinski definition) is 3. The van der Waals surface area contributed by atoms with Gasteiger partial charge in [0.15, 0.2) is 0 Å². The number of pyridine rings is 1. The van der Waals surface area contributed by atoms with Gasteiger partial charge in [-0.2, -0.15) is 18.2 Å². The maximum absolute atomic E-state index is 6.93. The van der Waals surface area contributed by atoms with Gasteiger partial charge < -0.3 is 18.7 Å². The molecule has 0 radical (unpaired) electrons. The molecular formula is C61H37N4OPt-3. The standard InChI is InChI=1S/C61H37N4O.Pt/c1-39-16-13-27-53-48-24-10-6-20-44(48)43-19-5-9-23-47(43)51-33-31-41(36-57(51)64(59(39)53)38-63-40-17-3-2-4-18-40)66-42-32-34-52-55-29-14-28-54-49-25-11-7-21-45(49)46-22-8-12-26-50(46)56-30-15-35-62-61(56)65(60(54)55)58(52)37-42;/h2-35H,1H3;/q-3;. The van der Waals surface area contributed by atoms with Gasteiger partial charge in [0.1, 0.15) is 5.65 Å². The zero-order valence-corrected chi connectivity index (χ0v) is 38.4. The van der Waals surface area contributed by atoms with Gasteiger partial charge >= 0.3 is 0 Å². The van der Waals surface area contributed by atoms with Crippen LogP contribution in [0.1, 0.15) is 5.56 Å². The van der Waals surface area contributed by atoms with Crippen molar-refractivity contribution < 1.29 is 25.8 Å². The molecule has 320 valence electrons. The summed E-state index contributed by atoms with van der Waals surface area (Å²) in [6, 6.07) is 77.5. The average molecular weight is 1040 g/mol. The first-order chi connectivity index (χ1) is 32.7. The number of hydrogen-bond donors (Lipinski definition) is 0. The molecule has 4 heterocycles. The van der Waals surface area contributed by atoms with Crippen molar-refractivity contribution in [1.82, 2.24) is 14.0 Å². The first kappa shape index (κ1) is 40.4. The van der Waals surface area contributed by atoms with E-state index in [-0.39, 0.29) is 21.1 Å². The Morgan fingerprint density at radius 1 is 0.418 bits per heavy atom. The molecular weight excluding hydrogens is 1000 g/mol. The van der Waals surface area contributed by atoms with Crippen LogP contribution in [-0.2, 0) is 21.1 Å². The minimum Gasteiger partial charge on any atom is -0.510 e. The Morgan fingerprint density at radius 3 is 1.45 bits per heavy atom. The number of nitrogens with zero attached hydrogens (tertiary/aromatic N) is 4. The van der Waals surface area contributed by atoms with Gasteiger partial charge in [-0.05, 0) is 78.7 Å². The Balaban J connectivity index is 0.00000468. The van der Waals surface area contributed by atoms with Crippen LogP contribution in [0.15, 0.2) is 211 Å². The van der Waals surface area contributed by atoms with Gasteiger partial charge in [-0.3, -0.25) is 0 Å². The normalized spacial score (nSPS) is 11.8. The minimum absolute atomic E-state index is 0. The summed E-state index contributed by atoms with van der Waals surface area (Å²) in [4.78, 5) is 10.1. The van der Waals surface area contributed by atoms with E-state index in [1.54, 1.807) is 0 Å². The van der Waals surface area contributed by atoms with E-state index in [2.05, 4.69) is 186 Å². The van der Waals surface area contributed by atoms with E-state index >= 15 is 0 Å². The molecule has 0 aliphatic carbocycles. The van der Waals surface area contributed by atoms with Gasteiger partial charge in [0, 0.05) is 61.4 Å². The second-order valence-corrected chi connectivity index (χ2v) is 16.7. The fourth-order valence-electron chi connectivity index (χ4n) is 10.1. The zero-order valence-electron chi connectivity index (χ0n) is 36.1. The molecule has 0 N–H and O–H groups in total. The van der Waals surface area contributed by atoms with E-state index < -0.39 is 0 Å². The van der Waals surface area contributed by atoms with E-state index in [9.17, 15) is 0 Å². The van der Waals surface area contributed by atoms with Crippen molar-refractivity contribution in [1.29, 1.82) is 0 Å². The van der Waals surface area contributed by atoms with Crippen LogP contribution >= 0.6 is 0 Å². The first-order valence-corrected chi connectivity index (χ1v) is 22.2. The summed E-state index contributed by atoms with van der Waals surface area (Å²) in [5.41, 5.74) is 6.37. The minimum atomic E-state index is 0. The van der Waals surface area contributed by atoms with Gasteiger partial charge in [0.25, 0.3) is 0 Å². The second-order valence-electron chi connectivity index (χ2n) is 16.7. The Kier molecular flexibility index (Phi) is 9.89. The SMILES string of the molecule is Cc1cccc2c3ccccc3c3ccccc3c3ccc(Oc4[c-]c5c(cc4)c4cccc6c7ccccc7c7ccccc7c7cccnc7n5c64)[c-]c3n([C-]=Nc3ccccc3)c12.[Pt]. The van der Waals surface area contributed by atoms with Crippen LogP contribution in [0.5, 0.6) is 11.5 Å². The van der Waals surface area contributed by atoms with E-state index in [0.29, 0.717) is 11.5 Å². The van der Waals surface area contributed by atoms with Crippen LogP contribution in [0.2, 0.25) is 0 Å². The molecule has 0 aliphatic rings. The molecule has 4 aromatic heterocycles. The predicted molar refractivity (Wildman–Crippen MR) is 275 cm³/mol. The number of benzene rings is 9. The maximum atomic E-state index is 6.93. The van der Waals surface area contributed by atoms with Crippen molar-refractivity contribution in [3.63, 3.8) is 0 Å². The smallest absolute Gasteiger partial charge is 0.143 e. The number of rotatable bonds is 4. The number of fused-ring (bicyclic) bond motifs is 17. The molecule has 0 aliphatic heterocycles. The molecule has 0 unspecified atom stereocenters. The van der Waals surface area contributed by atoms with Gasteiger partial charge in [0.05, 0.1) is 0 Å². The molecule has 0 spiro atoms. The Hall–Kier alpha value is -8.11. The molecule has 0 saturated heterocycles. The number of aromatic nitrogens is 3. The van der Waals surface area contributed by atoms with Crippen molar-refractivity contribution >= 4 is 115 Å². The van der Waals surface area contributed by atoms with Crippen molar-refractivity contribution in [2.45, 2.75) is 6.92 Å². The summed E-state index contributed by atoms with van der Waals surface area (Å²) in [5.74, 6) is 1.08. The topological polar surface area (TPSA) is 43.8 Å². The Labute approximate surface area is 400 Å². The van der Waals surface area contributed by atoms with Crippen molar-refractivity contribution in [3.05, 3.63) is 224 Å². The monoisotopic (exact) mass is 1040 g/mol. The fourth-order valence-corrected chi connectivity index (χ4v) is 10.1. The third-order valence-electron chi connectivity index (χ3n) is 13.0. The van der Waals surface area contributed by atoms with Crippen LogP contribution in [0.4, 0.5) is 5.69 Å². The van der Waals surface area contributed by atoms with E-state index in [0.717, 1.165) is 109 Å². The predicted octanol–water partition coefficient (Wildman–Crippen LogP) is 16.0. The first-order valence-electron chi connectivity index (χ1n) is 22.2. The van der Waals surface area contributed by atoms with Crippen LogP contribution in [0, 0.1) is 19.1 Å². The molecule has 0 bridgehead atoms. The molecule has 67 heavy (non-hydrogen) atoms. The van der Waals surface area contributed by atoms with Crippen molar-refractivity contribution in [2.75, 3.05) is 0 Å². The van der Waals surface area contributed by atoms with Gasteiger partial charge in [-0.1, -0.05) is 180 Å². The number of ether oxygens (including phenoxy) is 1. The number of para-hydroxylation sites is 3. The largest absolute Gasteiger partial charge is 0.510 e. The van der Waals surface area contributed by atoms with E-state index in [1.807, 2.05) is 54.7 Å². The van der Waals surface area contributed by atoms with Gasteiger partial charge in [-0.15, -0.1) is 34.5 Å². The summed E-state index contributed by atoms with van der Waals surface area (Å²) < 4.78 is 11.3. The van der Waals surface area contributed by atoms with Crippen LogP contribution in [0.3, 0.4) is 0 Å². The molecule has 0 saturated carbocycles. The Bertz CT molecular complexity index is 4280. The molecule has 0 atom stereocenters. The second kappa shape index (κ2) is 16.4. The van der Waals surface area contributed by atoms with E-state index in [4.69, 9.17) is 14.7 Å². The summed E-state index contributed by atoms with van der Waals surface area (Å²) >= 11 is 0. The van der Waals surface area contributed by atoms with Crippen LogP contribution in [0.25, 0.3) is 103 Å². The Morgan fingerprint density at radius 2 is 0.851 bits per heavy atom. The molecule has 0 fully saturated rings. The van der Waals surface area contributed by atoms with Crippen LogP contribution in [-0.4, -0.2) is 20.3 Å². The fraction of sp³-hybridized carbons (Fsp3) is 0.0164. The average Bonchev–Trinajstić information content (AvgIpc) is 3.73. The van der Waals surface area contributed by atoms with Crippen molar-refractivity contribution in [3.8, 4) is 11.5 Å². The van der Waals surface area contributed by atoms with Gasteiger partial charge in [0.2, 0.25) is 0 Å². The summed E-state index contributed by atoms with van der Waals surface area (Å²) in [5, 5.41) is 15.5. The zero-order chi connectivity index (χ0) is 43.7. The number of aryl methyl sites for hydroxylation is 1. The van der Waals surface area contributed by atoms with E-state index in [1.165, 1.54) is 5.39 Å².